The predicted octanol–water partition coefficient (Wildman–Crippen LogP) is 6.88. The monoisotopic (exact) mass is 445 g/mol. The minimum atomic E-state index is -0.500. The zero-order valence-electron chi connectivity index (χ0n) is 19.3. The Balaban J connectivity index is 1.57. The minimum absolute atomic E-state index is 0.0116. The molecule has 0 spiro atoms. The Morgan fingerprint density at radius 2 is 1.64 bits per heavy atom. The summed E-state index contributed by atoms with van der Waals surface area (Å²) in [5, 5.41) is 10.3. The van der Waals surface area contributed by atoms with Crippen molar-refractivity contribution in [3.05, 3.63) is 83.4 Å². The van der Waals surface area contributed by atoms with E-state index in [-0.39, 0.29) is 11.5 Å². The molecule has 0 aliphatic rings. The Labute approximate surface area is 195 Å². The molecule has 0 radical (unpaired) electrons. The van der Waals surface area contributed by atoms with Crippen molar-refractivity contribution in [3.63, 3.8) is 0 Å². The van der Waals surface area contributed by atoms with Gasteiger partial charge in [-0.2, -0.15) is 0 Å². The molecule has 33 heavy (non-hydrogen) atoms. The molecule has 0 aliphatic heterocycles. The molecule has 0 bridgehead atoms. The largest absolute Gasteiger partial charge is 0.507 e. The summed E-state index contributed by atoms with van der Waals surface area (Å²) in [5.41, 5.74) is 3.03. The van der Waals surface area contributed by atoms with Crippen LogP contribution in [0.1, 0.15) is 61.0 Å². The maximum absolute atomic E-state index is 12.4. The van der Waals surface area contributed by atoms with Gasteiger partial charge in [0.25, 0.3) is 0 Å². The number of aliphatic imine (C=N–C) groups is 1. The number of aryl methyl sites for hydroxylation is 1. The highest BCUT2D eigenvalue weighted by Gasteiger charge is 2.10. The molecule has 0 aliphatic carbocycles. The van der Waals surface area contributed by atoms with Crippen molar-refractivity contribution in [1.82, 2.24) is 0 Å². The van der Waals surface area contributed by atoms with Crippen LogP contribution in [0.2, 0.25) is 0 Å². The molecule has 1 N–H and O–H groups in total. The van der Waals surface area contributed by atoms with E-state index in [1.807, 2.05) is 12.1 Å². The summed E-state index contributed by atoms with van der Waals surface area (Å²) in [4.78, 5) is 16.8. The smallest absolute Gasteiger partial charge is 0.343 e. The Morgan fingerprint density at radius 3 is 2.30 bits per heavy atom. The number of esters is 1. The summed E-state index contributed by atoms with van der Waals surface area (Å²) in [6.07, 6.45) is 7.03. The van der Waals surface area contributed by atoms with E-state index in [9.17, 15) is 9.90 Å². The fourth-order valence-corrected chi connectivity index (χ4v) is 3.27. The van der Waals surface area contributed by atoms with E-state index < -0.39 is 5.97 Å². The zero-order chi connectivity index (χ0) is 23.5. The number of hydrogen-bond donors (Lipinski definition) is 1. The van der Waals surface area contributed by atoms with E-state index in [2.05, 4.69) is 31.0 Å². The summed E-state index contributed by atoms with van der Waals surface area (Å²) in [5.74, 6) is 0.477. The third kappa shape index (κ3) is 7.49. The molecule has 0 fully saturated rings. The van der Waals surface area contributed by atoms with Crippen LogP contribution in [-0.4, -0.2) is 23.9 Å². The maximum Gasteiger partial charge on any atom is 0.343 e. The number of phenols is 1. The average Bonchev–Trinajstić information content (AvgIpc) is 2.83. The first-order chi connectivity index (χ1) is 16.1. The summed E-state index contributed by atoms with van der Waals surface area (Å²) in [7, 11) is 0. The van der Waals surface area contributed by atoms with Crippen LogP contribution < -0.4 is 9.47 Å². The van der Waals surface area contributed by atoms with Gasteiger partial charge in [-0.15, -0.1) is 0 Å². The van der Waals surface area contributed by atoms with E-state index in [1.54, 1.807) is 42.6 Å². The second-order valence-electron chi connectivity index (χ2n) is 7.86. The van der Waals surface area contributed by atoms with E-state index in [0.717, 1.165) is 43.5 Å². The van der Waals surface area contributed by atoms with Gasteiger partial charge in [0.15, 0.2) is 0 Å². The van der Waals surface area contributed by atoms with Gasteiger partial charge in [0, 0.05) is 17.8 Å². The highest BCUT2D eigenvalue weighted by molar-refractivity contribution is 5.91. The zero-order valence-corrected chi connectivity index (χ0v) is 19.3. The van der Waals surface area contributed by atoms with Crippen molar-refractivity contribution in [2.45, 2.75) is 46.0 Å². The van der Waals surface area contributed by atoms with Gasteiger partial charge in [-0.05, 0) is 66.9 Å². The normalized spacial score (nSPS) is 11.0. The molecule has 0 saturated heterocycles. The lowest BCUT2D eigenvalue weighted by Crippen LogP contribution is -2.08. The molecule has 0 saturated carbocycles. The molecule has 3 aromatic carbocycles. The lowest BCUT2D eigenvalue weighted by Gasteiger charge is -2.08. The van der Waals surface area contributed by atoms with Gasteiger partial charge in [0.05, 0.1) is 17.9 Å². The second kappa shape index (κ2) is 12.4. The molecule has 0 heterocycles. The maximum atomic E-state index is 12.4. The molecule has 3 aromatic rings. The molecule has 5 nitrogen and oxygen atoms in total. The number of benzene rings is 3. The average molecular weight is 446 g/mol. The van der Waals surface area contributed by atoms with Crippen LogP contribution in [0.25, 0.3) is 0 Å². The van der Waals surface area contributed by atoms with Crippen LogP contribution in [0, 0.1) is 0 Å². The van der Waals surface area contributed by atoms with E-state index >= 15 is 0 Å². The molecule has 172 valence electrons. The lowest BCUT2D eigenvalue weighted by atomic mass is 10.1. The molecule has 3 rings (SSSR count). The summed E-state index contributed by atoms with van der Waals surface area (Å²) < 4.78 is 11.1. The number of hydrogen-bond acceptors (Lipinski definition) is 5. The predicted molar refractivity (Wildman–Crippen MR) is 132 cm³/mol. The first-order valence-electron chi connectivity index (χ1n) is 11.5. The number of nitrogens with zero attached hydrogens (tertiary/aromatic N) is 1. The van der Waals surface area contributed by atoms with Crippen molar-refractivity contribution in [2.75, 3.05) is 6.61 Å². The van der Waals surface area contributed by atoms with Crippen molar-refractivity contribution in [1.29, 1.82) is 0 Å². The lowest BCUT2D eigenvalue weighted by molar-refractivity contribution is 0.0734. The quantitative estimate of drug-likeness (QED) is 0.151. The van der Waals surface area contributed by atoms with Gasteiger partial charge in [-0.3, -0.25) is 4.99 Å². The van der Waals surface area contributed by atoms with Crippen LogP contribution >= 0.6 is 0 Å². The van der Waals surface area contributed by atoms with Gasteiger partial charge >= 0.3 is 5.97 Å². The molecular formula is C28H31NO4. The minimum Gasteiger partial charge on any atom is -0.507 e. The Morgan fingerprint density at radius 1 is 0.909 bits per heavy atom. The summed E-state index contributed by atoms with van der Waals surface area (Å²) in [6, 6.07) is 19.6. The fourth-order valence-electron chi connectivity index (χ4n) is 3.27. The number of rotatable bonds is 11. The number of unbranched alkanes of at least 4 members (excludes halogenated alkanes) is 2. The Hall–Kier alpha value is -3.60. The van der Waals surface area contributed by atoms with Crippen molar-refractivity contribution < 1.29 is 19.4 Å². The van der Waals surface area contributed by atoms with E-state index in [4.69, 9.17) is 9.47 Å². The summed E-state index contributed by atoms with van der Waals surface area (Å²) >= 11 is 0. The topological polar surface area (TPSA) is 68.1 Å². The van der Waals surface area contributed by atoms with Gasteiger partial charge < -0.3 is 14.6 Å². The van der Waals surface area contributed by atoms with Crippen LogP contribution in [-0.2, 0) is 6.42 Å². The van der Waals surface area contributed by atoms with Gasteiger partial charge in [-0.25, -0.2) is 4.79 Å². The SMILES string of the molecule is CCCCCOc1ccc(C(=O)Oc2ccc(C=Nc3ccc(CCC)cc3)c(O)c2)cc1. The van der Waals surface area contributed by atoms with Crippen LogP contribution in [0.5, 0.6) is 17.2 Å². The molecule has 5 heteroatoms. The number of ether oxygens (including phenoxy) is 2. The highest BCUT2D eigenvalue weighted by atomic mass is 16.5. The number of carbonyl (C=O) groups is 1. The van der Waals surface area contributed by atoms with Crippen molar-refractivity contribution in [3.8, 4) is 17.2 Å². The number of phenolic OH excluding ortho intramolecular Hbond substituents is 1. The van der Waals surface area contributed by atoms with E-state index in [1.165, 1.54) is 11.6 Å². The molecular weight excluding hydrogens is 414 g/mol. The number of carbonyl (C=O) groups excluding carboxylic acids is 1. The number of aromatic hydroxyl groups is 1. The van der Waals surface area contributed by atoms with Crippen molar-refractivity contribution in [2.24, 2.45) is 4.99 Å². The van der Waals surface area contributed by atoms with Gasteiger partial charge in [-0.1, -0.05) is 45.2 Å². The first kappa shape index (κ1) is 24.1. The second-order valence-corrected chi connectivity index (χ2v) is 7.86. The summed E-state index contributed by atoms with van der Waals surface area (Å²) in [6.45, 7) is 4.96. The molecule has 0 aromatic heterocycles. The third-order valence-corrected chi connectivity index (χ3v) is 5.15. The molecule has 0 amide bonds. The van der Waals surface area contributed by atoms with Crippen LogP contribution in [0.15, 0.2) is 71.7 Å². The van der Waals surface area contributed by atoms with Gasteiger partial charge in [0.1, 0.15) is 17.2 Å². The highest BCUT2D eigenvalue weighted by Crippen LogP contribution is 2.24. The standard InChI is InChI=1S/C28H31NO4/c1-3-5-6-18-32-25-15-10-22(11-16-25)28(31)33-26-17-12-23(27(30)19-26)20-29-24-13-8-21(7-4-2)9-14-24/h8-17,19-20,30H,3-7,18H2,1-2H3. The van der Waals surface area contributed by atoms with Crippen LogP contribution in [0.4, 0.5) is 5.69 Å². The van der Waals surface area contributed by atoms with Gasteiger partial charge in [0.2, 0.25) is 0 Å². The fraction of sp³-hybridized carbons (Fsp3) is 0.286. The third-order valence-electron chi connectivity index (χ3n) is 5.15. The first-order valence-corrected chi connectivity index (χ1v) is 11.5. The van der Waals surface area contributed by atoms with Crippen LogP contribution in [0.3, 0.4) is 0 Å². The van der Waals surface area contributed by atoms with Crippen molar-refractivity contribution >= 4 is 17.9 Å². The molecule has 0 atom stereocenters. The molecule has 0 unspecified atom stereocenters. The Kier molecular flexibility index (Phi) is 9.07. The van der Waals surface area contributed by atoms with E-state index in [0.29, 0.717) is 17.7 Å². The Bertz CT molecular complexity index is 1060.